The average molecular weight is 279 g/mol. The second kappa shape index (κ2) is 7.33. The molecule has 0 spiro atoms. The van der Waals surface area contributed by atoms with Crippen LogP contribution in [0, 0.1) is 10.1 Å². The number of nitro groups is 1. The van der Waals surface area contributed by atoms with Crippen molar-refractivity contribution >= 4 is 5.69 Å². The maximum Gasteiger partial charge on any atom is 0.269 e. The highest BCUT2D eigenvalue weighted by molar-refractivity contribution is 5.32. The van der Waals surface area contributed by atoms with Crippen molar-refractivity contribution in [1.29, 1.82) is 0 Å². The predicted octanol–water partition coefficient (Wildman–Crippen LogP) is 1.06. The van der Waals surface area contributed by atoms with Gasteiger partial charge in [0, 0.05) is 38.3 Å². The number of nitro benzene ring substituents is 1. The molecule has 1 heterocycles. The number of nitrogens with one attached hydrogen (secondary N) is 1. The minimum absolute atomic E-state index is 0.142. The second-order valence-electron chi connectivity index (χ2n) is 5.13. The molecule has 6 nitrogen and oxygen atoms in total. The zero-order valence-corrected chi connectivity index (χ0v) is 11.7. The van der Waals surface area contributed by atoms with Crippen molar-refractivity contribution < 1.29 is 9.66 Å². The van der Waals surface area contributed by atoms with Gasteiger partial charge in [-0.25, -0.2) is 0 Å². The normalized spacial score (nSPS) is 19.2. The molecule has 1 N–H and O–H groups in total. The van der Waals surface area contributed by atoms with E-state index in [0.717, 1.165) is 44.8 Å². The second-order valence-corrected chi connectivity index (χ2v) is 5.13. The quantitative estimate of drug-likeness (QED) is 0.623. The van der Waals surface area contributed by atoms with E-state index in [9.17, 15) is 10.1 Å². The van der Waals surface area contributed by atoms with E-state index < -0.39 is 0 Å². The molecule has 1 aliphatic heterocycles. The Morgan fingerprint density at radius 2 is 2.20 bits per heavy atom. The highest BCUT2D eigenvalue weighted by atomic mass is 16.6. The van der Waals surface area contributed by atoms with E-state index in [2.05, 4.69) is 17.3 Å². The lowest BCUT2D eigenvalue weighted by Gasteiger charge is -2.28. The highest BCUT2D eigenvalue weighted by Crippen LogP contribution is 2.12. The number of hydrogen-bond donors (Lipinski definition) is 1. The molecule has 1 unspecified atom stereocenters. The lowest BCUT2D eigenvalue weighted by atomic mass is 10.1. The van der Waals surface area contributed by atoms with Crippen LogP contribution in [0.3, 0.4) is 0 Å². The molecule has 0 amide bonds. The van der Waals surface area contributed by atoms with Gasteiger partial charge in [0.1, 0.15) is 0 Å². The minimum atomic E-state index is -0.372. The number of ether oxygens (including phenoxy) is 1. The molecular formula is C14H21N3O3. The number of nitrogens with zero attached hydrogens (tertiary/aromatic N) is 2. The molecule has 2 rings (SSSR count). The van der Waals surface area contributed by atoms with Crippen molar-refractivity contribution in [2.24, 2.45) is 0 Å². The zero-order valence-electron chi connectivity index (χ0n) is 11.7. The van der Waals surface area contributed by atoms with Crippen molar-refractivity contribution in [3.8, 4) is 0 Å². The molecule has 0 bridgehead atoms. The molecule has 1 saturated heterocycles. The Kier molecular flexibility index (Phi) is 5.46. The van der Waals surface area contributed by atoms with E-state index in [1.165, 1.54) is 0 Å². The number of non-ortho nitro benzene ring substituents is 1. The summed E-state index contributed by atoms with van der Waals surface area (Å²) in [5.41, 5.74) is 1.26. The number of hydrogen-bond acceptors (Lipinski definition) is 5. The third-order valence-corrected chi connectivity index (χ3v) is 3.45. The molecule has 6 heteroatoms. The lowest BCUT2D eigenvalue weighted by molar-refractivity contribution is -0.384. The van der Waals surface area contributed by atoms with Gasteiger partial charge in [0.2, 0.25) is 0 Å². The summed E-state index contributed by atoms with van der Waals surface area (Å²) in [4.78, 5) is 12.4. The van der Waals surface area contributed by atoms with E-state index in [1.807, 2.05) is 12.1 Å². The molecule has 1 aromatic rings. The molecule has 1 aromatic carbocycles. The van der Waals surface area contributed by atoms with Gasteiger partial charge in [0.05, 0.1) is 17.6 Å². The number of rotatable bonds is 6. The largest absolute Gasteiger partial charge is 0.374 e. The SMILES string of the molecule is CN(CCc1ccc([N+](=O)[O-])cc1)CC1CNCCO1. The van der Waals surface area contributed by atoms with Crippen LogP contribution in [0.5, 0.6) is 0 Å². The van der Waals surface area contributed by atoms with Crippen LogP contribution in [0.25, 0.3) is 0 Å². The van der Waals surface area contributed by atoms with Crippen LogP contribution in [0.4, 0.5) is 5.69 Å². The summed E-state index contributed by atoms with van der Waals surface area (Å²) in [7, 11) is 2.07. The van der Waals surface area contributed by atoms with Crippen LogP contribution in [0.1, 0.15) is 5.56 Å². The van der Waals surface area contributed by atoms with Gasteiger partial charge >= 0.3 is 0 Å². The molecular weight excluding hydrogens is 258 g/mol. The Labute approximate surface area is 118 Å². The van der Waals surface area contributed by atoms with Gasteiger partial charge in [0.15, 0.2) is 0 Å². The summed E-state index contributed by atoms with van der Waals surface area (Å²) in [6.07, 6.45) is 1.14. The van der Waals surface area contributed by atoms with Crippen molar-refractivity contribution in [2.45, 2.75) is 12.5 Å². The first kappa shape index (κ1) is 14.9. The Hall–Kier alpha value is -1.50. The zero-order chi connectivity index (χ0) is 14.4. The first-order valence-electron chi connectivity index (χ1n) is 6.89. The summed E-state index contributed by atoms with van der Waals surface area (Å²) < 4.78 is 5.66. The van der Waals surface area contributed by atoms with Gasteiger partial charge in [-0.3, -0.25) is 10.1 Å². The monoisotopic (exact) mass is 279 g/mol. The van der Waals surface area contributed by atoms with Crippen LogP contribution >= 0.6 is 0 Å². The number of likely N-dealkylation sites (N-methyl/N-ethyl adjacent to an activating group) is 1. The fourth-order valence-electron chi connectivity index (χ4n) is 2.28. The first-order chi connectivity index (χ1) is 9.65. The van der Waals surface area contributed by atoms with Crippen molar-refractivity contribution in [3.63, 3.8) is 0 Å². The van der Waals surface area contributed by atoms with E-state index in [4.69, 9.17) is 4.74 Å². The Morgan fingerprint density at radius 3 is 2.80 bits per heavy atom. The lowest BCUT2D eigenvalue weighted by Crippen LogP contribution is -2.44. The molecule has 0 radical (unpaired) electrons. The molecule has 0 aliphatic carbocycles. The maximum absolute atomic E-state index is 10.6. The maximum atomic E-state index is 10.6. The van der Waals surface area contributed by atoms with Gasteiger partial charge in [-0.2, -0.15) is 0 Å². The average Bonchev–Trinajstić information content (AvgIpc) is 2.46. The first-order valence-corrected chi connectivity index (χ1v) is 6.89. The van der Waals surface area contributed by atoms with Crippen LogP contribution < -0.4 is 5.32 Å². The van der Waals surface area contributed by atoms with Gasteiger partial charge < -0.3 is 15.0 Å². The van der Waals surface area contributed by atoms with E-state index in [-0.39, 0.29) is 16.7 Å². The van der Waals surface area contributed by atoms with Crippen LogP contribution in [-0.2, 0) is 11.2 Å². The predicted molar refractivity (Wildman–Crippen MR) is 76.9 cm³/mol. The van der Waals surface area contributed by atoms with E-state index in [0.29, 0.717) is 0 Å². The molecule has 0 saturated carbocycles. The van der Waals surface area contributed by atoms with Gasteiger partial charge in [-0.15, -0.1) is 0 Å². The third kappa shape index (κ3) is 4.56. The molecule has 1 aliphatic rings. The van der Waals surface area contributed by atoms with Gasteiger partial charge in [0.25, 0.3) is 5.69 Å². The van der Waals surface area contributed by atoms with Gasteiger partial charge in [-0.1, -0.05) is 12.1 Å². The Morgan fingerprint density at radius 1 is 1.45 bits per heavy atom. The summed E-state index contributed by atoms with van der Waals surface area (Å²) in [6, 6.07) is 6.77. The summed E-state index contributed by atoms with van der Waals surface area (Å²) in [6.45, 7) is 4.43. The fourth-order valence-corrected chi connectivity index (χ4v) is 2.28. The van der Waals surface area contributed by atoms with Crippen LogP contribution in [0.15, 0.2) is 24.3 Å². The summed E-state index contributed by atoms with van der Waals surface area (Å²) in [5, 5.41) is 13.9. The van der Waals surface area contributed by atoms with Crippen molar-refractivity contribution in [1.82, 2.24) is 10.2 Å². The van der Waals surface area contributed by atoms with E-state index >= 15 is 0 Å². The fraction of sp³-hybridized carbons (Fsp3) is 0.571. The summed E-state index contributed by atoms with van der Waals surface area (Å²) in [5.74, 6) is 0. The van der Waals surface area contributed by atoms with Crippen molar-refractivity contribution in [2.75, 3.05) is 39.8 Å². The summed E-state index contributed by atoms with van der Waals surface area (Å²) >= 11 is 0. The van der Waals surface area contributed by atoms with Gasteiger partial charge in [-0.05, 0) is 19.0 Å². The Balaban J connectivity index is 1.74. The molecule has 1 fully saturated rings. The number of benzene rings is 1. The van der Waals surface area contributed by atoms with Crippen LogP contribution in [-0.4, -0.2) is 55.8 Å². The van der Waals surface area contributed by atoms with E-state index in [1.54, 1.807) is 12.1 Å². The standard InChI is InChI=1S/C14H21N3O3/c1-16(11-14-10-15-7-9-20-14)8-6-12-2-4-13(5-3-12)17(18)19/h2-5,14-15H,6-11H2,1H3. The molecule has 0 aromatic heterocycles. The Bertz CT molecular complexity index is 430. The molecule has 110 valence electrons. The van der Waals surface area contributed by atoms with Crippen LogP contribution in [0.2, 0.25) is 0 Å². The topological polar surface area (TPSA) is 67.6 Å². The van der Waals surface area contributed by atoms with Crippen molar-refractivity contribution in [3.05, 3.63) is 39.9 Å². The minimum Gasteiger partial charge on any atom is -0.374 e. The molecule has 20 heavy (non-hydrogen) atoms. The third-order valence-electron chi connectivity index (χ3n) is 3.45. The smallest absolute Gasteiger partial charge is 0.269 e. The molecule has 1 atom stereocenters. The number of morpholine rings is 1. The highest BCUT2D eigenvalue weighted by Gasteiger charge is 2.15.